The van der Waals surface area contributed by atoms with Gasteiger partial charge < -0.3 is 24.8 Å². The zero-order valence-corrected chi connectivity index (χ0v) is 9.17. The van der Waals surface area contributed by atoms with E-state index in [0.29, 0.717) is 6.61 Å². The molecule has 5 heteroatoms. The Morgan fingerprint density at radius 3 is 2.47 bits per heavy atom. The first-order valence-corrected chi connectivity index (χ1v) is 5.35. The van der Waals surface area contributed by atoms with Gasteiger partial charge >= 0.3 is 0 Å². The predicted octanol–water partition coefficient (Wildman–Crippen LogP) is -0.512. The highest BCUT2D eigenvalue weighted by molar-refractivity contribution is 4.86. The molecule has 0 aromatic carbocycles. The number of aliphatic hydroxyl groups is 3. The summed E-state index contributed by atoms with van der Waals surface area (Å²) in [4.78, 5) is 0. The summed E-state index contributed by atoms with van der Waals surface area (Å²) in [6.45, 7) is 3.94. The highest BCUT2D eigenvalue weighted by Crippen LogP contribution is 2.26. The van der Waals surface area contributed by atoms with Gasteiger partial charge in [-0.25, -0.2) is 0 Å². The van der Waals surface area contributed by atoms with Crippen molar-refractivity contribution in [2.45, 2.75) is 44.9 Å². The number of hydrogen-bond acceptors (Lipinski definition) is 5. The van der Waals surface area contributed by atoms with Crippen LogP contribution in [0.25, 0.3) is 0 Å². The Morgan fingerprint density at radius 2 is 1.93 bits per heavy atom. The standard InChI is InChI=1S/C10H20O5/c1-3-4-14-10-6(2)8(12)9(13)7(5-11)15-10/h6-13H,3-5H2,1-2H3. The maximum Gasteiger partial charge on any atom is 0.163 e. The van der Waals surface area contributed by atoms with Gasteiger partial charge in [0.15, 0.2) is 6.29 Å². The lowest BCUT2D eigenvalue weighted by Crippen LogP contribution is -2.55. The van der Waals surface area contributed by atoms with Crippen LogP contribution >= 0.6 is 0 Å². The zero-order valence-electron chi connectivity index (χ0n) is 9.17. The van der Waals surface area contributed by atoms with Crippen molar-refractivity contribution in [3.63, 3.8) is 0 Å². The third-order valence-corrected chi connectivity index (χ3v) is 2.67. The maximum absolute atomic E-state index is 9.70. The first-order chi connectivity index (χ1) is 7.11. The summed E-state index contributed by atoms with van der Waals surface area (Å²) in [5, 5.41) is 28.2. The summed E-state index contributed by atoms with van der Waals surface area (Å²) < 4.78 is 10.7. The molecule has 0 aromatic heterocycles. The van der Waals surface area contributed by atoms with Gasteiger partial charge in [0.25, 0.3) is 0 Å². The SMILES string of the molecule is CCCOC1OC(CO)C(O)C(O)C1C. The van der Waals surface area contributed by atoms with Crippen molar-refractivity contribution in [2.75, 3.05) is 13.2 Å². The summed E-state index contributed by atoms with van der Waals surface area (Å²) in [5.41, 5.74) is 0. The molecule has 5 unspecified atom stereocenters. The number of hydrogen-bond donors (Lipinski definition) is 3. The van der Waals surface area contributed by atoms with Crippen molar-refractivity contribution in [1.29, 1.82) is 0 Å². The lowest BCUT2D eigenvalue weighted by molar-refractivity contribution is -0.282. The summed E-state index contributed by atoms with van der Waals surface area (Å²) >= 11 is 0. The van der Waals surface area contributed by atoms with Crippen molar-refractivity contribution in [3.05, 3.63) is 0 Å². The summed E-state index contributed by atoms with van der Waals surface area (Å²) in [6, 6.07) is 0. The van der Waals surface area contributed by atoms with Crippen LogP contribution in [0.1, 0.15) is 20.3 Å². The van der Waals surface area contributed by atoms with Crippen LogP contribution in [0, 0.1) is 5.92 Å². The average molecular weight is 220 g/mol. The van der Waals surface area contributed by atoms with Crippen LogP contribution < -0.4 is 0 Å². The third kappa shape index (κ3) is 2.89. The number of rotatable bonds is 4. The topological polar surface area (TPSA) is 79.2 Å². The first-order valence-electron chi connectivity index (χ1n) is 5.35. The quantitative estimate of drug-likeness (QED) is 0.594. The normalized spacial score (nSPS) is 41.8. The smallest absolute Gasteiger partial charge is 0.163 e. The summed E-state index contributed by atoms with van der Waals surface area (Å²) in [6.07, 6.45) is -2.43. The van der Waals surface area contributed by atoms with Crippen molar-refractivity contribution < 1.29 is 24.8 Å². The van der Waals surface area contributed by atoms with E-state index in [1.165, 1.54) is 0 Å². The molecule has 0 aromatic rings. The molecule has 1 aliphatic heterocycles. The predicted molar refractivity (Wildman–Crippen MR) is 53.2 cm³/mol. The fourth-order valence-corrected chi connectivity index (χ4v) is 1.64. The van der Waals surface area contributed by atoms with Crippen LogP contribution in [0.3, 0.4) is 0 Å². The first kappa shape index (κ1) is 12.9. The highest BCUT2D eigenvalue weighted by Gasteiger charge is 2.42. The molecule has 5 nitrogen and oxygen atoms in total. The molecule has 3 N–H and O–H groups in total. The second-order valence-electron chi connectivity index (χ2n) is 3.94. The minimum atomic E-state index is -1.05. The van der Waals surface area contributed by atoms with E-state index >= 15 is 0 Å². The molecule has 1 fully saturated rings. The Morgan fingerprint density at radius 1 is 1.27 bits per heavy atom. The molecular formula is C10H20O5. The van der Waals surface area contributed by atoms with Gasteiger partial charge in [0.05, 0.1) is 12.7 Å². The minimum absolute atomic E-state index is 0.297. The average Bonchev–Trinajstić information content (AvgIpc) is 2.25. The summed E-state index contributed by atoms with van der Waals surface area (Å²) in [7, 11) is 0. The van der Waals surface area contributed by atoms with Crippen LogP contribution in [0.4, 0.5) is 0 Å². The highest BCUT2D eigenvalue weighted by atomic mass is 16.7. The van der Waals surface area contributed by atoms with E-state index in [-0.39, 0.29) is 12.5 Å². The molecule has 15 heavy (non-hydrogen) atoms. The molecule has 90 valence electrons. The molecule has 0 bridgehead atoms. The van der Waals surface area contributed by atoms with E-state index in [1.807, 2.05) is 6.92 Å². The Bertz CT molecular complexity index is 185. The van der Waals surface area contributed by atoms with Gasteiger partial charge in [-0.2, -0.15) is 0 Å². The Balaban J connectivity index is 2.57. The van der Waals surface area contributed by atoms with E-state index in [1.54, 1.807) is 6.92 Å². The monoisotopic (exact) mass is 220 g/mol. The molecule has 0 aliphatic carbocycles. The molecule has 0 saturated carbocycles. The Hall–Kier alpha value is -0.200. The van der Waals surface area contributed by atoms with E-state index < -0.39 is 24.6 Å². The molecule has 5 atom stereocenters. The number of aliphatic hydroxyl groups excluding tert-OH is 3. The minimum Gasteiger partial charge on any atom is -0.394 e. The molecule has 1 heterocycles. The van der Waals surface area contributed by atoms with Crippen LogP contribution in [0.2, 0.25) is 0 Å². The van der Waals surface area contributed by atoms with Gasteiger partial charge in [-0.15, -0.1) is 0 Å². The largest absolute Gasteiger partial charge is 0.394 e. The van der Waals surface area contributed by atoms with E-state index in [4.69, 9.17) is 14.6 Å². The zero-order chi connectivity index (χ0) is 11.4. The molecule has 0 radical (unpaired) electrons. The van der Waals surface area contributed by atoms with Crippen molar-refractivity contribution >= 4 is 0 Å². The molecule has 1 rings (SSSR count). The molecule has 0 amide bonds. The van der Waals surface area contributed by atoms with Gasteiger partial charge in [-0.3, -0.25) is 0 Å². The van der Waals surface area contributed by atoms with Crippen LogP contribution in [-0.2, 0) is 9.47 Å². The summed E-state index contributed by atoms with van der Waals surface area (Å²) in [5.74, 6) is -0.297. The van der Waals surface area contributed by atoms with Gasteiger partial charge in [-0.05, 0) is 6.42 Å². The molecule has 1 saturated heterocycles. The van der Waals surface area contributed by atoms with Crippen LogP contribution in [0.5, 0.6) is 0 Å². The van der Waals surface area contributed by atoms with Crippen LogP contribution in [-0.4, -0.2) is 53.1 Å². The van der Waals surface area contributed by atoms with E-state index in [2.05, 4.69) is 0 Å². The van der Waals surface area contributed by atoms with Crippen molar-refractivity contribution in [3.8, 4) is 0 Å². The van der Waals surface area contributed by atoms with Gasteiger partial charge in [0.2, 0.25) is 0 Å². The lowest BCUT2D eigenvalue weighted by atomic mass is 9.92. The van der Waals surface area contributed by atoms with Gasteiger partial charge in [0, 0.05) is 12.5 Å². The van der Waals surface area contributed by atoms with Crippen LogP contribution in [0.15, 0.2) is 0 Å². The Kier molecular flexibility index (Phi) is 4.95. The van der Waals surface area contributed by atoms with E-state index in [0.717, 1.165) is 6.42 Å². The molecule has 0 spiro atoms. The van der Waals surface area contributed by atoms with Gasteiger partial charge in [0.1, 0.15) is 12.2 Å². The second kappa shape index (κ2) is 5.77. The second-order valence-corrected chi connectivity index (χ2v) is 3.94. The lowest BCUT2D eigenvalue weighted by Gasteiger charge is -2.40. The molecule has 1 aliphatic rings. The number of ether oxygens (including phenoxy) is 2. The van der Waals surface area contributed by atoms with Crippen molar-refractivity contribution in [1.82, 2.24) is 0 Å². The fraction of sp³-hybridized carbons (Fsp3) is 1.00. The van der Waals surface area contributed by atoms with Crippen molar-refractivity contribution in [2.24, 2.45) is 5.92 Å². The maximum atomic E-state index is 9.70. The molecular weight excluding hydrogens is 200 g/mol. The van der Waals surface area contributed by atoms with E-state index in [9.17, 15) is 10.2 Å². The third-order valence-electron chi connectivity index (χ3n) is 2.67. The Labute approximate surface area is 89.6 Å². The van der Waals surface area contributed by atoms with Gasteiger partial charge in [-0.1, -0.05) is 13.8 Å². The fourth-order valence-electron chi connectivity index (χ4n) is 1.64.